The Hall–Kier alpha value is -4.92. The normalized spacial score (nSPS) is 14.5. The average molecular weight is 572 g/mol. The van der Waals surface area contributed by atoms with Crippen LogP contribution in [0.4, 0.5) is 20.2 Å². The number of nitrogens with one attached hydrogen (secondary N) is 4. The Morgan fingerprint density at radius 1 is 1.17 bits per heavy atom. The number of allylic oxidation sites excluding steroid dienone is 3. The van der Waals surface area contributed by atoms with Gasteiger partial charge < -0.3 is 16.1 Å². The van der Waals surface area contributed by atoms with E-state index in [0.29, 0.717) is 56.8 Å². The monoisotopic (exact) mass is 571 g/mol. The maximum absolute atomic E-state index is 13.4. The molecule has 218 valence electrons. The summed E-state index contributed by atoms with van der Waals surface area (Å²) in [7, 11) is 0. The molecule has 0 radical (unpaired) electrons. The molecule has 0 saturated carbocycles. The lowest BCUT2D eigenvalue weighted by Gasteiger charge is -2.25. The molecule has 0 aliphatic carbocycles. The number of hydrazine groups is 2. The van der Waals surface area contributed by atoms with Crippen molar-refractivity contribution in [3.05, 3.63) is 76.8 Å². The van der Waals surface area contributed by atoms with Crippen LogP contribution in [-0.2, 0) is 0 Å². The Bertz CT molecular complexity index is 1560. The van der Waals surface area contributed by atoms with Gasteiger partial charge in [-0.3, -0.25) is 9.99 Å². The van der Waals surface area contributed by atoms with Crippen LogP contribution in [-0.4, -0.2) is 42.0 Å². The van der Waals surface area contributed by atoms with Crippen molar-refractivity contribution in [3.63, 3.8) is 0 Å². The smallest absolute Gasteiger partial charge is 0.114 e. The minimum atomic E-state index is -1.05. The van der Waals surface area contributed by atoms with Crippen LogP contribution < -0.4 is 21.6 Å². The van der Waals surface area contributed by atoms with Gasteiger partial charge in [0.2, 0.25) is 0 Å². The summed E-state index contributed by atoms with van der Waals surface area (Å²) >= 11 is 0. The first-order valence-electron chi connectivity index (χ1n) is 13.4. The predicted molar refractivity (Wildman–Crippen MR) is 161 cm³/mol. The molecule has 9 nitrogen and oxygen atoms in total. The molecule has 0 saturated heterocycles. The summed E-state index contributed by atoms with van der Waals surface area (Å²) in [6.45, 7) is 12.7. The van der Waals surface area contributed by atoms with Crippen LogP contribution >= 0.6 is 0 Å². The third kappa shape index (κ3) is 7.04. The molecule has 1 atom stereocenters. The summed E-state index contributed by atoms with van der Waals surface area (Å²) in [5.41, 5.74) is 9.75. The van der Waals surface area contributed by atoms with Crippen molar-refractivity contribution >= 4 is 22.3 Å². The van der Waals surface area contributed by atoms with Gasteiger partial charge in [0.25, 0.3) is 0 Å². The topological polar surface area (TPSA) is 136 Å². The van der Waals surface area contributed by atoms with E-state index in [1.165, 1.54) is 11.2 Å². The molecule has 1 aliphatic rings. The molecule has 42 heavy (non-hydrogen) atoms. The Labute approximate surface area is 245 Å². The summed E-state index contributed by atoms with van der Waals surface area (Å²) < 4.78 is 26.9. The molecule has 0 bridgehead atoms. The van der Waals surface area contributed by atoms with Crippen LogP contribution in [0.3, 0.4) is 0 Å². The summed E-state index contributed by atoms with van der Waals surface area (Å²) in [5.74, 6) is 0. The van der Waals surface area contributed by atoms with Gasteiger partial charge in [0.1, 0.15) is 31.5 Å². The van der Waals surface area contributed by atoms with E-state index in [-0.39, 0.29) is 11.0 Å². The molecular weight excluding hydrogens is 536 g/mol. The van der Waals surface area contributed by atoms with Crippen LogP contribution in [0.5, 0.6) is 0 Å². The van der Waals surface area contributed by atoms with Crippen LogP contribution in [0.15, 0.2) is 65.7 Å². The summed E-state index contributed by atoms with van der Waals surface area (Å²) in [4.78, 5) is 4.40. The van der Waals surface area contributed by atoms with Crippen molar-refractivity contribution in [3.8, 4) is 18.2 Å². The number of halogens is 2. The van der Waals surface area contributed by atoms with Crippen LogP contribution in [0.2, 0.25) is 0 Å². The molecule has 2 heterocycles. The first kappa shape index (κ1) is 31.6. The highest BCUT2D eigenvalue weighted by molar-refractivity contribution is 5.99. The maximum atomic E-state index is 13.4. The standard InChI is InChI=1S/C31H35F2N9/c1-7-8-21(13-34)19(2)20(3)28(27-17-42(41-40-27)25(11-32)12-33)39-24-9-22(14-35)29-26(10-24)30(23(15-36)16-37-29)38-18-31(4,5)6/h7-10,16-17,25,28,39-41H,3,11-12,18H2,1-2,4-6H3,(H,37,38)/b8-7-,21-19+/t28-/m0/s1. The van der Waals surface area contributed by atoms with Gasteiger partial charge in [-0.05, 0) is 48.6 Å². The lowest BCUT2D eigenvalue weighted by Crippen LogP contribution is -2.46. The van der Waals surface area contributed by atoms with Crippen LogP contribution in [0, 0.1) is 39.4 Å². The number of alkyl halides is 2. The van der Waals surface area contributed by atoms with E-state index >= 15 is 0 Å². The second-order valence-corrected chi connectivity index (χ2v) is 11.0. The van der Waals surface area contributed by atoms with Gasteiger partial charge in [-0.25, -0.2) is 8.78 Å². The lowest BCUT2D eigenvalue weighted by molar-refractivity contribution is 0.139. The number of aromatic nitrogens is 1. The molecule has 11 heteroatoms. The lowest BCUT2D eigenvalue weighted by atomic mass is 9.94. The molecule has 0 fully saturated rings. The van der Waals surface area contributed by atoms with Gasteiger partial charge in [-0.2, -0.15) is 15.8 Å². The molecule has 2 aromatic rings. The van der Waals surface area contributed by atoms with Crippen molar-refractivity contribution in [1.29, 1.82) is 15.8 Å². The van der Waals surface area contributed by atoms with E-state index in [0.717, 1.165) is 0 Å². The minimum Gasteiger partial charge on any atom is -0.383 e. The number of pyridine rings is 1. The first-order chi connectivity index (χ1) is 20.0. The van der Waals surface area contributed by atoms with E-state index in [2.05, 4.69) is 72.1 Å². The zero-order valence-electron chi connectivity index (χ0n) is 24.4. The minimum absolute atomic E-state index is 0.0924. The molecule has 0 unspecified atom stereocenters. The SMILES string of the molecule is C=C(/C(C)=C(C#N)\C=C/C)[C@H](Nc1cc(C#N)c2ncc(C#N)c(NCC(C)(C)C)c2c1)C1=CN(C(CF)CF)NN1. The van der Waals surface area contributed by atoms with Crippen molar-refractivity contribution in [2.75, 3.05) is 30.5 Å². The highest BCUT2D eigenvalue weighted by atomic mass is 19.1. The van der Waals surface area contributed by atoms with Gasteiger partial charge in [-0.1, -0.05) is 33.4 Å². The molecule has 0 spiro atoms. The fourth-order valence-corrected chi connectivity index (χ4v) is 4.30. The van der Waals surface area contributed by atoms with Gasteiger partial charge in [0.15, 0.2) is 0 Å². The number of fused-ring (bicyclic) bond motifs is 1. The van der Waals surface area contributed by atoms with Crippen LogP contribution in [0.1, 0.15) is 45.7 Å². The Kier molecular flexibility index (Phi) is 10.3. The van der Waals surface area contributed by atoms with Gasteiger partial charge in [-0.15, -0.1) is 5.53 Å². The van der Waals surface area contributed by atoms with Crippen molar-refractivity contribution in [1.82, 2.24) is 21.0 Å². The Morgan fingerprint density at radius 3 is 2.43 bits per heavy atom. The Balaban J connectivity index is 2.19. The third-order valence-corrected chi connectivity index (χ3v) is 6.67. The van der Waals surface area contributed by atoms with E-state index < -0.39 is 25.4 Å². The van der Waals surface area contributed by atoms with Crippen molar-refractivity contribution < 1.29 is 8.78 Å². The second kappa shape index (κ2) is 13.6. The van der Waals surface area contributed by atoms with E-state index in [9.17, 15) is 24.6 Å². The third-order valence-electron chi connectivity index (χ3n) is 6.67. The largest absolute Gasteiger partial charge is 0.383 e. The summed E-state index contributed by atoms with van der Waals surface area (Å²) in [5, 5.41) is 38.2. The number of hydrogen-bond acceptors (Lipinski definition) is 9. The molecule has 1 aromatic carbocycles. The number of nitrogens with zero attached hydrogens (tertiary/aromatic N) is 5. The van der Waals surface area contributed by atoms with Gasteiger partial charge in [0, 0.05) is 30.0 Å². The maximum Gasteiger partial charge on any atom is 0.114 e. The van der Waals surface area contributed by atoms with Crippen molar-refractivity contribution in [2.45, 2.75) is 46.7 Å². The van der Waals surface area contributed by atoms with Gasteiger partial charge >= 0.3 is 0 Å². The fourth-order valence-electron chi connectivity index (χ4n) is 4.30. The highest BCUT2D eigenvalue weighted by Crippen LogP contribution is 2.33. The van der Waals surface area contributed by atoms with Crippen molar-refractivity contribution in [2.24, 2.45) is 5.41 Å². The average Bonchev–Trinajstić information content (AvgIpc) is 3.45. The molecule has 4 N–H and O–H groups in total. The summed E-state index contributed by atoms with van der Waals surface area (Å²) in [6.07, 6.45) is 6.41. The molecule has 3 rings (SSSR count). The van der Waals surface area contributed by atoms with Gasteiger partial charge in [0.05, 0.1) is 45.7 Å². The quantitative estimate of drug-likeness (QED) is 0.199. The molecule has 1 aromatic heterocycles. The zero-order chi connectivity index (χ0) is 31.0. The number of benzene rings is 1. The zero-order valence-corrected chi connectivity index (χ0v) is 24.4. The first-order valence-corrected chi connectivity index (χ1v) is 13.4. The van der Waals surface area contributed by atoms with E-state index in [1.54, 1.807) is 44.3 Å². The van der Waals surface area contributed by atoms with E-state index in [1.807, 2.05) is 0 Å². The number of hydrogen-bond donors (Lipinski definition) is 4. The number of anilines is 2. The van der Waals surface area contributed by atoms with E-state index in [4.69, 9.17) is 0 Å². The number of nitriles is 3. The predicted octanol–water partition coefficient (Wildman–Crippen LogP) is 5.66. The van der Waals surface area contributed by atoms with Crippen LogP contribution in [0.25, 0.3) is 10.9 Å². The molecule has 0 amide bonds. The molecule has 1 aliphatic heterocycles. The second-order valence-electron chi connectivity index (χ2n) is 11.0. The highest BCUT2D eigenvalue weighted by Gasteiger charge is 2.28. The summed E-state index contributed by atoms with van der Waals surface area (Å²) in [6, 6.07) is 8.22. The fraction of sp³-hybridized carbons (Fsp3) is 0.355. The number of rotatable bonds is 11. The Morgan fingerprint density at radius 2 is 1.86 bits per heavy atom. The molecular formula is C31H35F2N9.